The molecule has 0 atom stereocenters. The van der Waals surface area contributed by atoms with Crippen molar-refractivity contribution in [1.29, 1.82) is 5.26 Å². The van der Waals surface area contributed by atoms with Crippen LogP contribution in [0.5, 0.6) is 0 Å². The van der Waals surface area contributed by atoms with Crippen LogP contribution in [0.3, 0.4) is 0 Å². The number of rotatable bonds is 17. The normalized spacial score (nSPS) is 14.5. The lowest BCUT2D eigenvalue weighted by Gasteiger charge is -2.15. The number of pyridine rings is 2. The molecule has 428 valence electrons. The molecule has 3 saturated carbocycles. The fourth-order valence-electron chi connectivity index (χ4n) is 9.85. The van der Waals surface area contributed by atoms with E-state index >= 15 is 0 Å². The predicted octanol–water partition coefficient (Wildman–Crippen LogP) is 12.6. The third-order valence-electron chi connectivity index (χ3n) is 14.9. The van der Waals surface area contributed by atoms with Crippen LogP contribution in [0, 0.1) is 39.0 Å². The molecule has 4 aromatic carbocycles. The number of fused-ring (bicyclic) bond motifs is 2. The van der Waals surface area contributed by atoms with Gasteiger partial charge in [0, 0.05) is 76.5 Å². The fraction of sp³-hybridized carbons (Fsp3) is 0.306. The van der Waals surface area contributed by atoms with Crippen LogP contribution in [0.2, 0.25) is 0 Å². The number of imidazole rings is 2. The van der Waals surface area contributed by atoms with Gasteiger partial charge in [0.1, 0.15) is 5.54 Å². The highest BCUT2D eigenvalue weighted by atomic mass is 19.4. The molecule has 8 aromatic rings. The van der Waals surface area contributed by atoms with Crippen LogP contribution in [-0.2, 0) is 0 Å². The Morgan fingerprint density at radius 1 is 0.566 bits per heavy atom. The van der Waals surface area contributed by atoms with Crippen LogP contribution in [0.25, 0.3) is 56.1 Å². The number of nitrogens with zero attached hydrogens (tertiary/aromatic N) is 5. The van der Waals surface area contributed by atoms with Crippen LogP contribution in [0.4, 0.5) is 37.7 Å². The maximum absolute atomic E-state index is 13.0. The maximum Gasteiger partial charge on any atom is 0.390 e. The largest absolute Gasteiger partial charge is 0.478 e. The number of benzene rings is 4. The average Bonchev–Trinajstić information content (AvgIpc) is 2.81. The molecule has 0 aliphatic heterocycles. The highest BCUT2D eigenvalue weighted by molar-refractivity contribution is 5.99. The van der Waals surface area contributed by atoms with Crippen LogP contribution in [0.1, 0.15) is 115 Å². The monoisotopic (exact) mass is 1140 g/mol. The second kappa shape index (κ2) is 22.6. The van der Waals surface area contributed by atoms with Crippen LogP contribution >= 0.6 is 0 Å². The van der Waals surface area contributed by atoms with Gasteiger partial charge in [-0.2, -0.15) is 31.6 Å². The Bertz CT molecular complexity index is 3920. The molecule has 83 heavy (non-hydrogen) atoms. The molecule has 0 unspecified atom stereocenters. The predicted molar refractivity (Wildman–Crippen MR) is 302 cm³/mol. The quantitative estimate of drug-likeness (QED) is 0.0476. The van der Waals surface area contributed by atoms with Crippen molar-refractivity contribution < 1.29 is 50.6 Å². The number of halogens is 6. The summed E-state index contributed by atoms with van der Waals surface area (Å²) in [5.41, 5.74) is 11.4. The number of aromatic carboxylic acids is 1. The highest BCUT2D eigenvalue weighted by Crippen LogP contribution is 2.37. The van der Waals surface area contributed by atoms with Gasteiger partial charge in [0.15, 0.2) is 11.3 Å². The summed E-state index contributed by atoms with van der Waals surface area (Å²) in [5.74, 6) is -1.58. The van der Waals surface area contributed by atoms with Crippen LogP contribution in [-0.4, -0.2) is 90.6 Å². The van der Waals surface area contributed by atoms with E-state index in [-0.39, 0.29) is 48.5 Å². The van der Waals surface area contributed by atoms with E-state index in [1.807, 2.05) is 61.0 Å². The molecule has 0 radical (unpaired) electrons. The fourth-order valence-corrected chi connectivity index (χ4v) is 9.85. The minimum Gasteiger partial charge on any atom is -0.478 e. The van der Waals surface area contributed by atoms with Gasteiger partial charge < -0.3 is 31.7 Å². The zero-order valence-electron chi connectivity index (χ0n) is 45.7. The number of aryl methyl sites for hydroxylation is 4. The minimum atomic E-state index is -4.31. The van der Waals surface area contributed by atoms with Gasteiger partial charge in [0.2, 0.25) is 0 Å². The topological polar surface area (TPSA) is 207 Å². The third-order valence-corrected chi connectivity index (χ3v) is 14.9. The van der Waals surface area contributed by atoms with E-state index < -0.39 is 36.7 Å². The first-order valence-corrected chi connectivity index (χ1v) is 27.1. The first-order valence-electron chi connectivity index (χ1n) is 27.1. The Morgan fingerprint density at radius 2 is 0.940 bits per heavy atom. The first kappa shape index (κ1) is 57.1. The number of alkyl halides is 6. The smallest absolute Gasteiger partial charge is 0.390 e. The van der Waals surface area contributed by atoms with E-state index in [0.29, 0.717) is 91.4 Å². The molecule has 21 heteroatoms. The van der Waals surface area contributed by atoms with Crippen molar-refractivity contribution in [2.24, 2.45) is 0 Å². The van der Waals surface area contributed by atoms with Crippen molar-refractivity contribution in [1.82, 2.24) is 34.7 Å². The Kier molecular flexibility index (Phi) is 15.6. The molecule has 4 heterocycles. The van der Waals surface area contributed by atoms with Gasteiger partial charge in [0.25, 0.3) is 17.7 Å². The number of carboxylic acids is 1. The first-order chi connectivity index (χ1) is 39.4. The van der Waals surface area contributed by atoms with Gasteiger partial charge in [-0.05, 0) is 148 Å². The summed E-state index contributed by atoms with van der Waals surface area (Å²) >= 11 is 0. The Morgan fingerprint density at radius 3 is 1.29 bits per heavy atom. The van der Waals surface area contributed by atoms with Crippen molar-refractivity contribution in [3.05, 3.63) is 154 Å². The second-order valence-electron chi connectivity index (χ2n) is 21.6. The van der Waals surface area contributed by atoms with E-state index in [1.165, 1.54) is 6.07 Å². The number of hydrogen-bond acceptors (Lipinski definition) is 9. The van der Waals surface area contributed by atoms with E-state index in [1.54, 1.807) is 79.2 Å². The Labute approximate surface area is 473 Å². The average molecular weight is 1140 g/mol. The summed E-state index contributed by atoms with van der Waals surface area (Å²) in [6, 6.07) is 27.3. The molecule has 3 aliphatic rings. The minimum absolute atomic E-state index is 0.111. The number of carboxylic acid groups (broad SMARTS) is 1. The van der Waals surface area contributed by atoms with Gasteiger partial charge >= 0.3 is 18.3 Å². The molecule has 15 nitrogen and oxygen atoms in total. The van der Waals surface area contributed by atoms with E-state index in [9.17, 15) is 55.9 Å². The van der Waals surface area contributed by atoms with E-state index in [0.717, 1.165) is 53.5 Å². The standard InChI is InChI=1S/C33H31F3N6O2.C29H27F3N4O3/c1-19-13-21(3-7-26(19)31(44)41-32(18-37)9-10-32)23-15-27(38-12-11-33(34,35)36)29-39-16-28(42(29)17-23)22-4-8-25(20(2)14-22)30(43)40-24-5-6-24;1-16-12-19(4-7-22(16)27(37)35-21-5-6-21)25-14-34-26-24(33-10-9-29(30,31)32)13-20(15-36(25)26)18-3-8-23(28(38)39)17(2)11-18/h3-4,7-8,13-17,24,38H,5-6,9-12H2,1-2H3,(H,40,43)(H,41,44);3-4,7-8,11-15,21,33H,5-6,9-10H2,1-2H3,(H,35,37)(H,38,39). The summed E-state index contributed by atoms with van der Waals surface area (Å²) < 4.78 is 81.1. The summed E-state index contributed by atoms with van der Waals surface area (Å²) in [7, 11) is 0. The van der Waals surface area contributed by atoms with Gasteiger partial charge in [-0.1, -0.05) is 36.4 Å². The number of hydrogen-bond donors (Lipinski definition) is 6. The number of nitrogens with one attached hydrogen (secondary N) is 5. The number of carbonyl (C=O) groups is 4. The van der Waals surface area contributed by atoms with Crippen molar-refractivity contribution >= 4 is 46.4 Å². The third kappa shape index (κ3) is 13.3. The highest BCUT2D eigenvalue weighted by Gasteiger charge is 2.45. The van der Waals surface area contributed by atoms with Gasteiger partial charge in [-0.15, -0.1) is 0 Å². The van der Waals surface area contributed by atoms with Crippen LogP contribution < -0.4 is 26.6 Å². The Hall–Kier alpha value is -9.19. The molecule has 11 rings (SSSR count). The molecule has 0 saturated heterocycles. The SMILES string of the molecule is Cc1cc(-c2cc(NCCC(F)(F)F)c3ncc(-c4ccc(C(=O)NC5CC5)c(C)c4)n3c2)ccc1C(=O)O.Cc1cc(-c2cnc3c(NCCC(F)(F)F)cc(-c4ccc(C(=O)NC5(C#N)CC5)c(C)c4)cn23)ccc1C(=O)NC1CC1. The summed E-state index contributed by atoms with van der Waals surface area (Å²) in [6.45, 7) is 6.57. The summed E-state index contributed by atoms with van der Waals surface area (Å²) in [5, 5.41) is 33.3. The van der Waals surface area contributed by atoms with Crippen molar-refractivity contribution in [2.75, 3.05) is 23.7 Å². The van der Waals surface area contributed by atoms with E-state index in [4.69, 9.17) is 0 Å². The second-order valence-corrected chi connectivity index (χ2v) is 21.6. The van der Waals surface area contributed by atoms with Crippen molar-refractivity contribution in [3.8, 4) is 50.8 Å². The Balaban J connectivity index is 0.000000187. The molecule has 6 N–H and O–H groups in total. The molecule has 3 fully saturated rings. The summed E-state index contributed by atoms with van der Waals surface area (Å²) in [4.78, 5) is 58.6. The van der Waals surface area contributed by atoms with E-state index in [2.05, 4.69) is 42.6 Å². The molecule has 3 aliphatic carbocycles. The maximum atomic E-state index is 13.0. The number of nitriles is 1. The molecular formula is C62H58F6N10O5. The zero-order valence-corrected chi connectivity index (χ0v) is 45.7. The molecule has 0 spiro atoms. The lowest BCUT2D eigenvalue weighted by Crippen LogP contribution is -2.35. The van der Waals surface area contributed by atoms with Crippen molar-refractivity contribution in [2.45, 2.75) is 109 Å². The van der Waals surface area contributed by atoms with Gasteiger partial charge in [-0.25, -0.2) is 14.8 Å². The molecule has 4 aromatic heterocycles. The molecular weight excluding hydrogens is 1080 g/mol. The van der Waals surface area contributed by atoms with Gasteiger partial charge in [-0.3, -0.25) is 23.2 Å². The van der Waals surface area contributed by atoms with Gasteiger partial charge in [0.05, 0.1) is 59.6 Å². The van der Waals surface area contributed by atoms with Crippen LogP contribution in [0.15, 0.2) is 110 Å². The zero-order chi connectivity index (χ0) is 59.1. The van der Waals surface area contributed by atoms with Crippen molar-refractivity contribution in [3.63, 3.8) is 0 Å². The lowest BCUT2D eigenvalue weighted by molar-refractivity contribution is -0.132. The number of anilines is 2. The number of amides is 3. The molecule has 0 bridgehead atoms. The summed E-state index contributed by atoms with van der Waals surface area (Å²) in [6.07, 6.45) is 1.56. The number of carbonyl (C=O) groups excluding carboxylic acids is 3. The molecule has 3 amide bonds. The number of aromatic nitrogens is 4. The lowest BCUT2D eigenvalue weighted by atomic mass is 9.99.